The van der Waals surface area contributed by atoms with Crippen molar-refractivity contribution >= 4 is 17.3 Å². The number of fused-ring (bicyclic) bond motifs is 1. The van der Waals surface area contributed by atoms with Gasteiger partial charge in [-0.05, 0) is 31.4 Å². The second kappa shape index (κ2) is 4.98. The number of hydrogen-bond donors (Lipinski definition) is 1. The molecule has 1 unspecified atom stereocenters. The Balaban J connectivity index is 1.88. The molecule has 0 spiro atoms. The molecule has 0 aromatic heterocycles. The molecule has 1 atom stereocenters. The lowest BCUT2D eigenvalue weighted by molar-refractivity contribution is -0.127. The Morgan fingerprint density at radius 2 is 2.22 bits per heavy atom. The first kappa shape index (κ1) is 11.5. The lowest BCUT2D eigenvalue weighted by atomic mass is 10.2. The van der Waals surface area contributed by atoms with Gasteiger partial charge in [0.25, 0.3) is 5.91 Å². The molecule has 4 heteroatoms. The van der Waals surface area contributed by atoms with E-state index >= 15 is 0 Å². The van der Waals surface area contributed by atoms with E-state index in [4.69, 9.17) is 4.74 Å². The largest absolute Gasteiger partial charge is 0.383 e. The molecule has 3 rings (SSSR count). The van der Waals surface area contributed by atoms with Crippen molar-refractivity contribution in [2.24, 2.45) is 0 Å². The summed E-state index contributed by atoms with van der Waals surface area (Å²) in [5, 5.41) is 3.37. The van der Waals surface area contributed by atoms with E-state index in [9.17, 15) is 4.79 Å². The molecule has 96 valence electrons. The number of anilines is 2. The van der Waals surface area contributed by atoms with Gasteiger partial charge in [-0.2, -0.15) is 0 Å². The summed E-state index contributed by atoms with van der Waals surface area (Å²) in [6.45, 7) is 2.39. The zero-order valence-electron chi connectivity index (χ0n) is 10.4. The highest BCUT2D eigenvalue weighted by Gasteiger charge is 2.30. The summed E-state index contributed by atoms with van der Waals surface area (Å²) in [7, 11) is 0. The van der Waals surface area contributed by atoms with Gasteiger partial charge in [0, 0.05) is 19.7 Å². The Morgan fingerprint density at radius 1 is 1.33 bits per heavy atom. The molecule has 2 heterocycles. The first-order chi connectivity index (χ1) is 8.86. The van der Waals surface area contributed by atoms with E-state index in [1.165, 1.54) is 0 Å². The Hall–Kier alpha value is -1.55. The standard InChI is InChI=1S/C14H18N2O2/c17-14(13-7-3-10-18-13)16-9-4-8-15-11-5-1-2-6-12(11)16/h1-2,5-6,13,15H,3-4,7-10H2. The molecule has 2 aliphatic rings. The first-order valence-corrected chi connectivity index (χ1v) is 6.62. The predicted molar refractivity (Wildman–Crippen MR) is 70.9 cm³/mol. The lowest BCUT2D eigenvalue weighted by Crippen LogP contribution is -2.39. The maximum Gasteiger partial charge on any atom is 0.256 e. The SMILES string of the molecule is O=C(C1CCCO1)N1CCCNc2ccccc21. The van der Waals surface area contributed by atoms with Gasteiger partial charge in [0.2, 0.25) is 0 Å². The molecule has 2 aliphatic heterocycles. The van der Waals surface area contributed by atoms with Crippen LogP contribution in [0.5, 0.6) is 0 Å². The third-order valence-electron chi connectivity index (χ3n) is 3.54. The zero-order chi connectivity index (χ0) is 12.4. The van der Waals surface area contributed by atoms with Gasteiger partial charge in [-0.15, -0.1) is 0 Å². The van der Waals surface area contributed by atoms with Crippen LogP contribution in [0.4, 0.5) is 11.4 Å². The van der Waals surface area contributed by atoms with Crippen molar-refractivity contribution in [1.29, 1.82) is 0 Å². The van der Waals surface area contributed by atoms with Crippen molar-refractivity contribution in [1.82, 2.24) is 0 Å². The Kier molecular flexibility index (Phi) is 3.19. The maximum absolute atomic E-state index is 12.5. The molecule has 1 aromatic carbocycles. The van der Waals surface area contributed by atoms with Crippen LogP contribution in [0.2, 0.25) is 0 Å². The molecule has 1 N–H and O–H groups in total. The second-order valence-electron chi connectivity index (χ2n) is 4.79. The number of hydrogen-bond acceptors (Lipinski definition) is 3. The molecular weight excluding hydrogens is 228 g/mol. The third-order valence-corrected chi connectivity index (χ3v) is 3.54. The zero-order valence-corrected chi connectivity index (χ0v) is 10.4. The summed E-state index contributed by atoms with van der Waals surface area (Å²) in [5.74, 6) is 0.114. The van der Waals surface area contributed by atoms with Crippen LogP contribution in [0, 0.1) is 0 Å². The number of nitrogens with one attached hydrogen (secondary N) is 1. The number of rotatable bonds is 1. The normalized spacial score (nSPS) is 23.1. The van der Waals surface area contributed by atoms with Crippen molar-refractivity contribution in [2.45, 2.75) is 25.4 Å². The third kappa shape index (κ3) is 2.08. The van der Waals surface area contributed by atoms with Gasteiger partial charge in [0.1, 0.15) is 6.10 Å². The van der Waals surface area contributed by atoms with Crippen molar-refractivity contribution in [3.05, 3.63) is 24.3 Å². The van der Waals surface area contributed by atoms with Crippen LogP contribution in [-0.2, 0) is 9.53 Å². The number of ether oxygens (including phenoxy) is 1. The summed E-state index contributed by atoms with van der Waals surface area (Å²) in [5.41, 5.74) is 2.02. The number of benzene rings is 1. The van der Waals surface area contributed by atoms with Crippen molar-refractivity contribution in [3.8, 4) is 0 Å². The van der Waals surface area contributed by atoms with Gasteiger partial charge in [0.15, 0.2) is 0 Å². The summed E-state index contributed by atoms with van der Waals surface area (Å²) in [6, 6.07) is 7.99. The second-order valence-corrected chi connectivity index (χ2v) is 4.79. The van der Waals surface area contributed by atoms with Crippen LogP contribution in [0.3, 0.4) is 0 Å². The van der Waals surface area contributed by atoms with Crippen LogP contribution in [0.15, 0.2) is 24.3 Å². The molecular formula is C14H18N2O2. The van der Waals surface area contributed by atoms with Gasteiger partial charge >= 0.3 is 0 Å². The topological polar surface area (TPSA) is 41.6 Å². The minimum atomic E-state index is -0.240. The number of amides is 1. The fraction of sp³-hybridized carbons (Fsp3) is 0.500. The average Bonchev–Trinajstić information content (AvgIpc) is 2.85. The molecule has 18 heavy (non-hydrogen) atoms. The van der Waals surface area contributed by atoms with Gasteiger partial charge in [0.05, 0.1) is 11.4 Å². The fourth-order valence-corrected chi connectivity index (χ4v) is 2.61. The summed E-state index contributed by atoms with van der Waals surface area (Å²) < 4.78 is 5.51. The van der Waals surface area contributed by atoms with Crippen molar-refractivity contribution in [3.63, 3.8) is 0 Å². The highest BCUT2D eigenvalue weighted by Crippen LogP contribution is 2.29. The molecule has 0 radical (unpaired) electrons. The van der Waals surface area contributed by atoms with Crippen LogP contribution in [-0.4, -0.2) is 31.7 Å². The summed E-state index contributed by atoms with van der Waals surface area (Å²) in [6.07, 6.45) is 2.57. The van der Waals surface area contributed by atoms with E-state index in [1.807, 2.05) is 29.2 Å². The fourth-order valence-electron chi connectivity index (χ4n) is 2.61. The van der Waals surface area contributed by atoms with Gasteiger partial charge in [-0.1, -0.05) is 12.1 Å². The molecule has 0 bridgehead atoms. The summed E-state index contributed by atoms with van der Waals surface area (Å²) >= 11 is 0. The van der Waals surface area contributed by atoms with E-state index in [1.54, 1.807) is 0 Å². The number of nitrogens with zero attached hydrogens (tertiary/aromatic N) is 1. The van der Waals surface area contributed by atoms with Crippen molar-refractivity contribution in [2.75, 3.05) is 29.9 Å². The first-order valence-electron chi connectivity index (χ1n) is 6.62. The Bertz CT molecular complexity index is 441. The van der Waals surface area contributed by atoms with Crippen LogP contribution >= 0.6 is 0 Å². The lowest BCUT2D eigenvalue weighted by Gasteiger charge is -2.24. The van der Waals surface area contributed by atoms with Crippen molar-refractivity contribution < 1.29 is 9.53 Å². The van der Waals surface area contributed by atoms with Crippen LogP contribution < -0.4 is 10.2 Å². The van der Waals surface area contributed by atoms with Gasteiger partial charge < -0.3 is 15.0 Å². The molecule has 1 saturated heterocycles. The number of para-hydroxylation sites is 2. The summed E-state index contributed by atoms with van der Waals surface area (Å²) in [4.78, 5) is 14.4. The Labute approximate surface area is 107 Å². The van der Waals surface area contributed by atoms with E-state index in [-0.39, 0.29) is 12.0 Å². The molecule has 0 aliphatic carbocycles. The monoisotopic (exact) mass is 246 g/mol. The van der Waals surface area contributed by atoms with Gasteiger partial charge in [-0.3, -0.25) is 4.79 Å². The highest BCUT2D eigenvalue weighted by atomic mass is 16.5. The Morgan fingerprint density at radius 3 is 3.06 bits per heavy atom. The van der Waals surface area contributed by atoms with E-state index in [2.05, 4.69) is 5.32 Å². The maximum atomic E-state index is 12.5. The predicted octanol–water partition coefficient (Wildman–Crippen LogP) is 2.01. The average molecular weight is 246 g/mol. The minimum absolute atomic E-state index is 0.114. The van der Waals surface area contributed by atoms with Gasteiger partial charge in [-0.25, -0.2) is 0 Å². The molecule has 1 amide bonds. The van der Waals surface area contributed by atoms with E-state index in [0.717, 1.165) is 43.7 Å². The van der Waals surface area contributed by atoms with E-state index < -0.39 is 0 Å². The van der Waals surface area contributed by atoms with Crippen LogP contribution in [0.25, 0.3) is 0 Å². The molecule has 0 saturated carbocycles. The molecule has 1 aromatic rings. The van der Waals surface area contributed by atoms with E-state index in [0.29, 0.717) is 6.61 Å². The number of carbonyl (C=O) groups excluding carboxylic acids is 1. The quantitative estimate of drug-likeness (QED) is 0.824. The smallest absolute Gasteiger partial charge is 0.256 e. The van der Waals surface area contributed by atoms with Crippen LogP contribution in [0.1, 0.15) is 19.3 Å². The molecule has 1 fully saturated rings. The highest BCUT2D eigenvalue weighted by molar-refractivity contribution is 5.99. The molecule has 4 nitrogen and oxygen atoms in total. The number of carbonyl (C=O) groups is 1. The minimum Gasteiger partial charge on any atom is -0.383 e.